The molecule has 0 bridgehead atoms. The van der Waals surface area contributed by atoms with Crippen LogP contribution in [0.3, 0.4) is 0 Å². The number of benzene rings is 1. The molecule has 19 heavy (non-hydrogen) atoms. The fourth-order valence-corrected chi connectivity index (χ4v) is 2.12. The van der Waals surface area contributed by atoms with E-state index in [9.17, 15) is 4.79 Å². The zero-order valence-electron chi connectivity index (χ0n) is 10.2. The maximum Gasteiger partial charge on any atom is 0.317 e. The number of carbonyl (C=O) groups is 1. The Morgan fingerprint density at radius 3 is 2.95 bits per heavy atom. The number of urea groups is 1. The van der Waals surface area contributed by atoms with Crippen LogP contribution in [0.4, 0.5) is 4.79 Å². The number of rotatable bonds is 5. The fraction of sp³-hybridized carbons (Fsp3) is 0.333. The van der Waals surface area contributed by atoms with Crippen molar-refractivity contribution in [2.24, 2.45) is 5.73 Å². The molecule has 1 aliphatic rings. The molecule has 7 heteroatoms. The van der Waals surface area contributed by atoms with Crippen molar-refractivity contribution in [2.75, 3.05) is 26.2 Å². The Morgan fingerprint density at radius 2 is 2.37 bits per heavy atom. The molecule has 2 rings (SSSR count). The van der Waals surface area contributed by atoms with Crippen LogP contribution < -0.4 is 15.8 Å². The molecule has 0 radical (unpaired) electrons. The molecule has 102 valence electrons. The minimum Gasteiger partial charge on any atom is -0.490 e. The summed E-state index contributed by atoms with van der Waals surface area (Å²) in [6, 6.07) is 5.09. The number of thiocarbonyl (C=S) groups is 1. The average molecular weight is 300 g/mol. The van der Waals surface area contributed by atoms with E-state index in [1.54, 1.807) is 23.1 Å². The van der Waals surface area contributed by atoms with Gasteiger partial charge in [-0.05, 0) is 18.2 Å². The lowest BCUT2D eigenvalue weighted by molar-refractivity contribution is 0.202. The number of ether oxygens (including phenoxy) is 1. The van der Waals surface area contributed by atoms with Crippen LogP contribution in [0.25, 0.3) is 0 Å². The largest absolute Gasteiger partial charge is 0.490 e. The van der Waals surface area contributed by atoms with Gasteiger partial charge in [-0.15, -0.1) is 0 Å². The Bertz CT molecular complexity index is 510. The highest BCUT2D eigenvalue weighted by Gasteiger charge is 2.18. The number of hydrogen-bond donors (Lipinski definition) is 2. The van der Waals surface area contributed by atoms with E-state index in [1.165, 1.54) is 0 Å². The molecule has 1 heterocycles. The van der Waals surface area contributed by atoms with Gasteiger partial charge in [0.1, 0.15) is 17.3 Å². The van der Waals surface area contributed by atoms with Gasteiger partial charge in [-0.1, -0.05) is 23.8 Å². The highest BCUT2D eigenvalue weighted by atomic mass is 35.5. The number of amides is 2. The minimum absolute atomic E-state index is 0.0569. The van der Waals surface area contributed by atoms with E-state index in [0.717, 1.165) is 0 Å². The van der Waals surface area contributed by atoms with E-state index < -0.39 is 0 Å². The summed E-state index contributed by atoms with van der Waals surface area (Å²) in [5.74, 6) is 0.557. The zero-order chi connectivity index (χ0) is 13.8. The molecule has 0 aromatic heterocycles. The molecule has 1 fully saturated rings. The Morgan fingerprint density at radius 1 is 1.58 bits per heavy atom. The SMILES string of the molecule is NC(=S)c1ccc(OCCN2CCNC2=O)c(Cl)c1. The Hall–Kier alpha value is -1.53. The smallest absolute Gasteiger partial charge is 0.317 e. The molecule has 0 unspecified atom stereocenters. The lowest BCUT2D eigenvalue weighted by atomic mass is 10.2. The molecule has 1 saturated heterocycles. The molecule has 1 aromatic carbocycles. The van der Waals surface area contributed by atoms with Crippen LogP contribution in [0.1, 0.15) is 5.56 Å². The van der Waals surface area contributed by atoms with Crippen LogP contribution in [-0.4, -0.2) is 42.2 Å². The standard InChI is InChI=1S/C12H14ClN3O2S/c13-9-7-8(11(14)19)1-2-10(9)18-6-5-16-4-3-15-12(16)17/h1-2,7H,3-6H2,(H2,14,19)(H,15,17). The van der Waals surface area contributed by atoms with E-state index in [1.807, 2.05) is 0 Å². The average Bonchev–Trinajstić information content (AvgIpc) is 2.77. The predicted octanol–water partition coefficient (Wildman–Crippen LogP) is 1.38. The number of nitrogens with zero attached hydrogens (tertiary/aromatic N) is 1. The molecule has 0 spiro atoms. The first-order valence-corrected chi connectivity index (χ1v) is 6.61. The quantitative estimate of drug-likeness (QED) is 0.806. The normalized spacial score (nSPS) is 14.4. The van der Waals surface area contributed by atoms with E-state index in [-0.39, 0.29) is 6.03 Å². The van der Waals surface area contributed by atoms with E-state index in [4.69, 9.17) is 34.3 Å². The van der Waals surface area contributed by atoms with Crippen molar-refractivity contribution in [2.45, 2.75) is 0 Å². The second kappa shape index (κ2) is 6.08. The lowest BCUT2D eigenvalue weighted by Crippen LogP contribution is -2.31. The molecule has 1 aromatic rings. The van der Waals surface area contributed by atoms with Crippen molar-refractivity contribution >= 4 is 34.8 Å². The summed E-state index contributed by atoms with van der Waals surface area (Å²) in [5, 5.41) is 3.18. The topological polar surface area (TPSA) is 67.6 Å². The monoisotopic (exact) mass is 299 g/mol. The molecular formula is C12H14ClN3O2S. The van der Waals surface area contributed by atoms with Gasteiger partial charge in [0.05, 0.1) is 11.6 Å². The summed E-state index contributed by atoms with van der Waals surface area (Å²) in [5.41, 5.74) is 6.21. The number of carbonyl (C=O) groups excluding carboxylic acids is 1. The van der Waals surface area contributed by atoms with Gasteiger partial charge >= 0.3 is 6.03 Å². The van der Waals surface area contributed by atoms with Gasteiger partial charge in [0.2, 0.25) is 0 Å². The minimum atomic E-state index is -0.0569. The van der Waals surface area contributed by atoms with Gasteiger partial charge in [-0.3, -0.25) is 0 Å². The van der Waals surface area contributed by atoms with Gasteiger partial charge in [0.15, 0.2) is 0 Å². The van der Waals surface area contributed by atoms with Crippen LogP contribution in [0.5, 0.6) is 5.75 Å². The van der Waals surface area contributed by atoms with Gasteiger partial charge in [0, 0.05) is 18.7 Å². The molecule has 3 N–H and O–H groups in total. The van der Waals surface area contributed by atoms with Gasteiger partial charge in [-0.25, -0.2) is 4.79 Å². The van der Waals surface area contributed by atoms with Crippen LogP contribution in [-0.2, 0) is 0 Å². The predicted molar refractivity (Wildman–Crippen MR) is 77.8 cm³/mol. The second-order valence-electron chi connectivity index (χ2n) is 4.08. The van der Waals surface area contributed by atoms with E-state index in [0.29, 0.717) is 47.6 Å². The van der Waals surface area contributed by atoms with Crippen LogP contribution >= 0.6 is 23.8 Å². The second-order valence-corrected chi connectivity index (χ2v) is 4.92. The van der Waals surface area contributed by atoms with Crippen molar-refractivity contribution < 1.29 is 9.53 Å². The molecule has 0 atom stereocenters. The number of hydrogen-bond acceptors (Lipinski definition) is 3. The third-order valence-corrected chi connectivity index (χ3v) is 3.31. The number of halogens is 1. The Labute approximate surface area is 121 Å². The van der Waals surface area contributed by atoms with E-state index >= 15 is 0 Å². The van der Waals surface area contributed by atoms with Crippen molar-refractivity contribution in [1.82, 2.24) is 10.2 Å². The highest BCUT2D eigenvalue weighted by molar-refractivity contribution is 7.80. The van der Waals surface area contributed by atoms with Crippen molar-refractivity contribution in [3.63, 3.8) is 0 Å². The molecule has 1 aliphatic heterocycles. The molecule has 2 amide bonds. The van der Waals surface area contributed by atoms with Crippen molar-refractivity contribution in [3.05, 3.63) is 28.8 Å². The first-order chi connectivity index (χ1) is 9.08. The highest BCUT2D eigenvalue weighted by Crippen LogP contribution is 2.25. The molecular weight excluding hydrogens is 286 g/mol. The van der Waals surface area contributed by atoms with Crippen LogP contribution in [0.2, 0.25) is 5.02 Å². The Balaban J connectivity index is 1.89. The third-order valence-electron chi connectivity index (χ3n) is 2.78. The fourth-order valence-electron chi connectivity index (χ4n) is 1.76. The Kier molecular flexibility index (Phi) is 4.44. The molecule has 0 saturated carbocycles. The molecule has 0 aliphatic carbocycles. The van der Waals surface area contributed by atoms with Gasteiger partial charge in [-0.2, -0.15) is 0 Å². The third kappa shape index (κ3) is 3.48. The van der Waals surface area contributed by atoms with Crippen LogP contribution in [0, 0.1) is 0 Å². The van der Waals surface area contributed by atoms with Gasteiger partial charge in [0.25, 0.3) is 0 Å². The zero-order valence-corrected chi connectivity index (χ0v) is 11.8. The maximum absolute atomic E-state index is 11.3. The van der Waals surface area contributed by atoms with Crippen LogP contribution in [0.15, 0.2) is 18.2 Å². The summed E-state index contributed by atoms with van der Waals surface area (Å²) < 4.78 is 5.54. The summed E-state index contributed by atoms with van der Waals surface area (Å²) in [6.07, 6.45) is 0. The maximum atomic E-state index is 11.3. The van der Waals surface area contributed by atoms with Crippen molar-refractivity contribution in [1.29, 1.82) is 0 Å². The number of nitrogens with two attached hydrogens (primary N) is 1. The summed E-state index contributed by atoms with van der Waals surface area (Å²) >= 11 is 10.9. The van der Waals surface area contributed by atoms with E-state index in [2.05, 4.69) is 5.32 Å². The van der Waals surface area contributed by atoms with Crippen molar-refractivity contribution in [3.8, 4) is 5.75 Å². The lowest BCUT2D eigenvalue weighted by Gasteiger charge is -2.15. The first kappa shape index (κ1) is 13.9. The summed E-state index contributed by atoms with van der Waals surface area (Å²) in [7, 11) is 0. The molecule has 5 nitrogen and oxygen atoms in total. The number of nitrogens with one attached hydrogen (secondary N) is 1. The summed E-state index contributed by atoms with van der Waals surface area (Å²) in [6.45, 7) is 2.30. The summed E-state index contributed by atoms with van der Waals surface area (Å²) in [4.78, 5) is 13.3. The first-order valence-electron chi connectivity index (χ1n) is 5.83. The van der Waals surface area contributed by atoms with Gasteiger partial charge < -0.3 is 20.7 Å².